The standard InChI is InChI=1S/C9H18ClFN2/c10-2-6-12-4-1-5-13(7-3-11)9-8-12/h1-9H2. The smallest absolute Gasteiger partial charge is 0.102 e. The van der Waals surface area contributed by atoms with Gasteiger partial charge in [0.25, 0.3) is 0 Å². The second-order valence-corrected chi connectivity index (χ2v) is 3.79. The van der Waals surface area contributed by atoms with Crippen LogP contribution in [0, 0.1) is 0 Å². The fourth-order valence-corrected chi connectivity index (χ4v) is 1.95. The van der Waals surface area contributed by atoms with Crippen LogP contribution < -0.4 is 0 Å². The zero-order valence-electron chi connectivity index (χ0n) is 8.01. The first kappa shape index (κ1) is 11.2. The molecule has 0 bridgehead atoms. The van der Waals surface area contributed by atoms with E-state index >= 15 is 0 Å². The van der Waals surface area contributed by atoms with Gasteiger partial charge >= 0.3 is 0 Å². The minimum absolute atomic E-state index is 0.227. The highest BCUT2D eigenvalue weighted by Crippen LogP contribution is 2.02. The summed E-state index contributed by atoms with van der Waals surface area (Å²) < 4.78 is 12.1. The van der Waals surface area contributed by atoms with Crippen LogP contribution in [0.4, 0.5) is 4.39 Å². The molecule has 13 heavy (non-hydrogen) atoms. The van der Waals surface area contributed by atoms with E-state index in [0.29, 0.717) is 12.4 Å². The van der Waals surface area contributed by atoms with E-state index in [2.05, 4.69) is 9.80 Å². The van der Waals surface area contributed by atoms with Crippen molar-refractivity contribution in [3.8, 4) is 0 Å². The monoisotopic (exact) mass is 208 g/mol. The highest BCUT2D eigenvalue weighted by atomic mass is 35.5. The zero-order chi connectivity index (χ0) is 9.52. The van der Waals surface area contributed by atoms with Crippen molar-refractivity contribution >= 4 is 11.6 Å². The Morgan fingerprint density at radius 3 is 2.15 bits per heavy atom. The predicted molar refractivity (Wildman–Crippen MR) is 54.2 cm³/mol. The maximum absolute atomic E-state index is 12.1. The Balaban J connectivity index is 2.22. The summed E-state index contributed by atoms with van der Waals surface area (Å²) in [5.41, 5.74) is 0. The minimum atomic E-state index is -0.227. The van der Waals surface area contributed by atoms with Crippen LogP contribution in [0.1, 0.15) is 6.42 Å². The van der Waals surface area contributed by atoms with Gasteiger partial charge in [0, 0.05) is 32.1 Å². The third kappa shape index (κ3) is 4.25. The Morgan fingerprint density at radius 1 is 1.00 bits per heavy atom. The van der Waals surface area contributed by atoms with Crippen molar-refractivity contribution in [2.24, 2.45) is 0 Å². The van der Waals surface area contributed by atoms with Gasteiger partial charge in [-0.2, -0.15) is 0 Å². The molecule has 1 aliphatic heterocycles. The minimum Gasteiger partial charge on any atom is -0.301 e. The highest BCUT2D eigenvalue weighted by molar-refractivity contribution is 6.18. The van der Waals surface area contributed by atoms with Crippen LogP contribution in [0.15, 0.2) is 0 Å². The molecule has 0 aliphatic carbocycles. The molecule has 0 saturated carbocycles. The average molecular weight is 209 g/mol. The molecule has 1 saturated heterocycles. The largest absolute Gasteiger partial charge is 0.301 e. The van der Waals surface area contributed by atoms with Gasteiger partial charge in [0.2, 0.25) is 0 Å². The molecule has 1 heterocycles. The lowest BCUT2D eigenvalue weighted by atomic mass is 10.4. The Bertz CT molecular complexity index is 121. The van der Waals surface area contributed by atoms with Crippen molar-refractivity contribution in [2.45, 2.75) is 6.42 Å². The summed E-state index contributed by atoms with van der Waals surface area (Å²) >= 11 is 5.67. The predicted octanol–water partition coefficient (Wildman–Crippen LogP) is 1.20. The Kier molecular flexibility index (Phi) is 5.67. The third-order valence-electron chi connectivity index (χ3n) is 2.48. The molecular formula is C9H18ClFN2. The van der Waals surface area contributed by atoms with Gasteiger partial charge in [-0.1, -0.05) is 0 Å². The lowest BCUT2D eigenvalue weighted by molar-refractivity contribution is 0.245. The molecule has 2 nitrogen and oxygen atoms in total. The number of rotatable bonds is 4. The molecule has 0 aromatic heterocycles. The van der Waals surface area contributed by atoms with Crippen LogP contribution >= 0.6 is 11.6 Å². The third-order valence-corrected chi connectivity index (χ3v) is 2.65. The van der Waals surface area contributed by atoms with Crippen molar-refractivity contribution in [3.05, 3.63) is 0 Å². The normalized spacial score (nSPS) is 21.7. The summed E-state index contributed by atoms with van der Waals surface area (Å²) in [6.07, 6.45) is 1.14. The molecule has 0 N–H and O–H groups in total. The topological polar surface area (TPSA) is 6.48 Å². The van der Waals surface area contributed by atoms with Crippen molar-refractivity contribution in [1.82, 2.24) is 9.80 Å². The van der Waals surface area contributed by atoms with Gasteiger partial charge in [0.05, 0.1) is 0 Å². The summed E-state index contributed by atoms with van der Waals surface area (Å²) in [5, 5.41) is 0. The Hall–Kier alpha value is 0.140. The number of alkyl halides is 2. The maximum atomic E-state index is 12.1. The van der Waals surface area contributed by atoms with Crippen LogP contribution in [0.25, 0.3) is 0 Å². The summed E-state index contributed by atoms with van der Waals surface area (Å²) in [4.78, 5) is 4.54. The molecule has 4 heteroatoms. The summed E-state index contributed by atoms with van der Waals surface area (Å²) in [6.45, 7) is 5.49. The molecular weight excluding hydrogens is 191 g/mol. The number of hydrogen-bond donors (Lipinski definition) is 0. The van der Waals surface area contributed by atoms with E-state index in [0.717, 1.165) is 39.1 Å². The highest BCUT2D eigenvalue weighted by Gasteiger charge is 2.13. The molecule has 0 radical (unpaired) electrons. The van der Waals surface area contributed by atoms with Gasteiger partial charge in [-0.15, -0.1) is 11.6 Å². The molecule has 0 amide bonds. The number of halogens is 2. The van der Waals surface area contributed by atoms with Gasteiger partial charge in [-0.05, 0) is 19.5 Å². The van der Waals surface area contributed by atoms with Crippen molar-refractivity contribution in [2.75, 3.05) is 51.8 Å². The first-order chi connectivity index (χ1) is 6.36. The SMILES string of the molecule is FCCN1CCCN(CCCl)CC1. The Labute approximate surface area is 84.6 Å². The van der Waals surface area contributed by atoms with Gasteiger partial charge in [0.15, 0.2) is 0 Å². The molecule has 1 aliphatic rings. The fraction of sp³-hybridized carbons (Fsp3) is 1.00. The van der Waals surface area contributed by atoms with E-state index in [9.17, 15) is 4.39 Å². The van der Waals surface area contributed by atoms with Gasteiger partial charge in [-0.3, -0.25) is 4.90 Å². The van der Waals surface area contributed by atoms with Crippen LogP contribution in [0.3, 0.4) is 0 Å². The van der Waals surface area contributed by atoms with Crippen LogP contribution in [-0.2, 0) is 0 Å². The van der Waals surface area contributed by atoms with Gasteiger partial charge in [-0.25, -0.2) is 4.39 Å². The van der Waals surface area contributed by atoms with Crippen LogP contribution in [0.5, 0.6) is 0 Å². The second kappa shape index (κ2) is 6.57. The van der Waals surface area contributed by atoms with E-state index < -0.39 is 0 Å². The van der Waals surface area contributed by atoms with E-state index in [-0.39, 0.29) is 6.67 Å². The molecule has 0 atom stereocenters. The number of nitrogens with zero attached hydrogens (tertiary/aromatic N) is 2. The van der Waals surface area contributed by atoms with E-state index in [1.54, 1.807) is 0 Å². The first-order valence-electron chi connectivity index (χ1n) is 4.93. The zero-order valence-corrected chi connectivity index (χ0v) is 8.77. The maximum Gasteiger partial charge on any atom is 0.102 e. The molecule has 0 aromatic rings. The van der Waals surface area contributed by atoms with E-state index in [1.165, 1.54) is 0 Å². The quantitative estimate of drug-likeness (QED) is 0.641. The van der Waals surface area contributed by atoms with Crippen molar-refractivity contribution < 1.29 is 4.39 Å². The van der Waals surface area contributed by atoms with Crippen LogP contribution in [0.2, 0.25) is 0 Å². The first-order valence-corrected chi connectivity index (χ1v) is 5.47. The molecule has 1 fully saturated rings. The van der Waals surface area contributed by atoms with Crippen molar-refractivity contribution in [3.63, 3.8) is 0 Å². The molecule has 1 rings (SSSR count). The van der Waals surface area contributed by atoms with Gasteiger partial charge < -0.3 is 4.90 Å². The Morgan fingerprint density at radius 2 is 1.62 bits per heavy atom. The molecule has 78 valence electrons. The second-order valence-electron chi connectivity index (χ2n) is 3.41. The van der Waals surface area contributed by atoms with E-state index in [1.807, 2.05) is 0 Å². The average Bonchev–Trinajstić information content (AvgIpc) is 2.33. The molecule has 0 aromatic carbocycles. The van der Waals surface area contributed by atoms with E-state index in [4.69, 9.17) is 11.6 Å². The van der Waals surface area contributed by atoms with Crippen LogP contribution in [-0.4, -0.2) is 61.6 Å². The van der Waals surface area contributed by atoms with Gasteiger partial charge in [0.1, 0.15) is 6.67 Å². The fourth-order valence-electron chi connectivity index (χ4n) is 1.71. The number of hydrogen-bond acceptors (Lipinski definition) is 2. The molecule has 0 spiro atoms. The summed E-state index contributed by atoms with van der Waals surface area (Å²) in [6, 6.07) is 0. The molecule has 0 unspecified atom stereocenters. The summed E-state index contributed by atoms with van der Waals surface area (Å²) in [5.74, 6) is 0.698. The van der Waals surface area contributed by atoms with Crippen molar-refractivity contribution in [1.29, 1.82) is 0 Å². The lowest BCUT2D eigenvalue weighted by Crippen LogP contribution is -2.32. The lowest BCUT2D eigenvalue weighted by Gasteiger charge is -2.19. The summed E-state index contributed by atoms with van der Waals surface area (Å²) in [7, 11) is 0.